The predicted octanol–water partition coefficient (Wildman–Crippen LogP) is 2.08. The highest BCUT2D eigenvalue weighted by Crippen LogP contribution is 2.15. The molecule has 0 radical (unpaired) electrons. The number of rotatable bonds is 8. The van der Waals surface area contributed by atoms with Crippen LogP contribution in [-0.4, -0.2) is 32.2 Å². The first-order valence-corrected chi connectivity index (χ1v) is 9.36. The Morgan fingerprint density at radius 3 is 2.81 bits per heavy atom. The molecule has 8 heteroatoms. The van der Waals surface area contributed by atoms with Gasteiger partial charge in [-0.25, -0.2) is 4.98 Å². The van der Waals surface area contributed by atoms with Gasteiger partial charge >= 0.3 is 0 Å². The van der Waals surface area contributed by atoms with Crippen LogP contribution in [0, 0.1) is 0 Å². The van der Waals surface area contributed by atoms with Crippen molar-refractivity contribution in [3.8, 4) is 0 Å². The molecule has 0 unspecified atom stereocenters. The van der Waals surface area contributed by atoms with Crippen molar-refractivity contribution in [2.75, 3.05) is 23.3 Å². The molecule has 0 bridgehead atoms. The van der Waals surface area contributed by atoms with Crippen LogP contribution in [0.25, 0.3) is 0 Å². The number of nitrogen functional groups attached to an aromatic ring is 1. The number of pyridine rings is 2. The molecule has 0 saturated heterocycles. The van der Waals surface area contributed by atoms with Crippen LogP contribution >= 0.6 is 11.8 Å². The fourth-order valence-corrected chi connectivity index (χ4v) is 3.17. The van der Waals surface area contributed by atoms with Crippen molar-refractivity contribution in [2.45, 2.75) is 12.2 Å². The van der Waals surface area contributed by atoms with E-state index in [1.807, 2.05) is 24.3 Å². The largest absolute Gasteiger partial charge is 0.397 e. The Bertz CT molecular complexity index is 899. The Hall–Kier alpha value is -2.87. The molecule has 0 atom stereocenters. The molecule has 4 N–H and O–H groups in total. The summed E-state index contributed by atoms with van der Waals surface area (Å²) in [6.07, 6.45) is 7.32. The van der Waals surface area contributed by atoms with Crippen LogP contribution in [-0.2, 0) is 12.2 Å². The first-order chi connectivity index (χ1) is 12.7. The molecule has 0 fully saturated rings. The van der Waals surface area contributed by atoms with E-state index in [-0.39, 0.29) is 5.56 Å². The normalized spacial score (nSPS) is 10.6. The Morgan fingerprint density at radius 1 is 1.15 bits per heavy atom. The summed E-state index contributed by atoms with van der Waals surface area (Å²) in [6, 6.07) is 7.46. The first-order valence-electron chi connectivity index (χ1n) is 8.20. The lowest BCUT2D eigenvalue weighted by Crippen LogP contribution is -2.18. The van der Waals surface area contributed by atoms with E-state index in [0.29, 0.717) is 30.2 Å². The van der Waals surface area contributed by atoms with Gasteiger partial charge in [-0.2, -0.15) is 11.8 Å². The second-order valence-corrected chi connectivity index (χ2v) is 6.75. The highest BCUT2D eigenvalue weighted by molar-refractivity contribution is 7.98. The number of thioether (sulfide) groups is 1. The topological polar surface area (TPSA) is 110 Å². The summed E-state index contributed by atoms with van der Waals surface area (Å²) in [5, 5.41) is 3.13. The molecule has 0 saturated carbocycles. The molecule has 0 aliphatic rings. The van der Waals surface area contributed by atoms with Gasteiger partial charge in [0.15, 0.2) is 0 Å². The number of aromatic amines is 1. The first kappa shape index (κ1) is 17.9. The summed E-state index contributed by atoms with van der Waals surface area (Å²) in [5.74, 6) is 2.07. The van der Waals surface area contributed by atoms with E-state index in [9.17, 15) is 4.79 Å². The molecule has 3 rings (SSSR count). The summed E-state index contributed by atoms with van der Waals surface area (Å²) < 4.78 is 0. The molecule has 3 aromatic heterocycles. The van der Waals surface area contributed by atoms with E-state index < -0.39 is 0 Å². The maximum absolute atomic E-state index is 12.2. The summed E-state index contributed by atoms with van der Waals surface area (Å²) in [4.78, 5) is 27.5. The van der Waals surface area contributed by atoms with Crippen LogP contribution in [0.2, 0.25) is 0 Å². The molecule has 26 heavy (non-hydrogen) atoms. The quantitative estimate of drug-likeness (QED) is 0.522. The van der Waals surface area contributed by atoms with E-state index in [2.05, 4.69) is 25.3 Å². The fourth-order valence-electron chi connectivity index (χ4n) is 2.34. The molecule has 134 valence electrons. The van der Waals surface area contributed by atoms with Crippen molar-refractivity contribution in [3.05, 3.63) is 76.2 Å². The number of anilines is 2. The van der Waals surface area contributed by atoms with Crippen LogP contribution in [0.5, 0.6) is 0 Å². The zero-order valence-corrected chi connectivity index (χ0v) is 15.0. The van der Waals surface area contributed by atoms with Crippen molar-refractivity contribution in [3.63, 3.8) is 0 Å². The second-order valence-electron chi connectivity index (χ2n) is 5.64. The Balaban J connectivity index is 1.46. The van der Waals surface area contributed by atoms with Crippen LogP contribution in [0.4, 0.5) is 11.6 Å². The minimum Gasteiger partial charge on any atom is -0.397 e. The van der Waals surface area contributed by atoms with Crippen LogP contribution in [0.15, 0.2) is 53.8 Å². The van der Waals surface area contributed by atoms with Gasteiger partial charge < -0.3 is 11.1 Å². The standard InChI is InChI=1S/C18H20N6OS/c19-15-4-2-6-21-16(15)12-26-8-7-22-18-23-11-14(17(25)24-18)9-13-3-1-5-20-10-13/h1-6,10-11H,7-9,12,19H2,(H2,22,23,24,25). The summed E-state index contributed by atoms with van der Waals surface area (Å²) in [6.45, 7) is 0.683. The molecule has 3 aromatic rings. The van der Waals surface area contributed by atoms with Gasteiger partial charge in [-0.05, 0) is 23.8 Å². The lowest BCUT2D eigenvalue weighted by Gasteiger charge is -2.07. The maximum atomic E-state index is 12.2. The Labute approximate surface area is 155 Å². The van der Waals surface area contributed by atoms with E-state index in [0.717, 1.165) is 22.8 Å². The predicted molar refractivity (Wildman–Crippen MR) is 105 cm³/mol. The third-order valence-electron chi connectivity index (χ3n) is 3.69. The van der Waals surface area contributed by atoms with Crippen LogP contribution in [0.3, 0.4) is 0 Å². The van der Waals surface area contributed by atoms with E-state index in [1.54, 1.807) is 36.5 Å². The summed E-state index contributed by atoms with van der Waals surface area (Å²) in [5.41, 5.74) is 8.92. The van der Waals surface area contributed by atoms with E-state index in [1.165, 1.54) is 0 Å². The van der Waals surface area contributed by atoms with Gasteiger partial charge in [0.2, 0.25) is 5.95 Å². The van der Waals surface area contributed by atoms with E-state index in [4.69, 9.17) is 5.73 Å². The van der Waals surface area contributed by atoms with Crippen LogP contribution < -0.4 is 16.6 Å². The second kappa shape index (κ2) is 9.00. The summed E-state index contributed by atoms with van der Waals surface area (Å²) >= 11 is 1.72. The van der Waals surface area contributed by atoms with Gasteiger partial charge in [-0.3, -0.25) is 19.7 Å². The number of hydrogen-bond acceptors (Lipinski definition) is 7. The smallest absolute Gasteiger partial charge is 0.255 e. The average molecular weight is 368 g/mol. The zero-order valence-electron chi connectivity index (χ0n) is 14.2. The van der Waals surface area contributed by atoms with Crippen molar-refractivity contribution >= 4 is 23.4 Å². The van der Waals surface area contributed by atoms with Gasteiger partial charge in [-0.15, -0.1) is 0 Å². The van der Waals surface area contributed by atoms with Crippen molar-refractivity contribution in [2.24, 2.45) is 0 Å². The number of nitrogens with zero attached hydrogens (tertiary/aromatic N) is 3. The molecular formula is C18H20N6OS. The van der Waals surface area contributed by atoms with Crippen molar-refractivity contribution in [1.29, 1.82) is 0 Å². The molecule has 0 aliphatic carbocycles. The van der Waals surface area contributed by atoms with Gasteiger partial charge in [-0.1, -0.05) is 6.07 Å². The van der Waals surface area contributed by atoms with Gasteiger partial charge in [0, 0.05) is 54.8 Å². The van der Waals surface area contributed by atoms with Crippen molar-refractivity contribution < 1.29 is 0 Å². The molecule has 0 aliphatic heterocycles. The molecule has 0 amide bonds. The maximum Gasteiger partial charge on any atom is 0.255 e. The van der Waals surface area contributed by atoms with Gasteiger partial charge in [0.25, 0.3) is 5.56 Å². The van der Waals surface area contributed by atoms with Gasteiger partial charge in [0.1, 0.15) is 0 Å². The molecule has 0 aromatic carbocycles. The minimum atomic E-state index is -0.139. The molecule has 7 nitrogen and oxygen atoms in total. The van der Waals surface area contributed by atoms with Gasteiger partial charge in [0.05, 0.1) is 11.4 Å². The Morgan fingerprint density at radius 2 is 2.04 bits per heavy atom. The van der Waals surface area contributed by atoms with E-state index >= 15 is 0 Å². The highest BCUT2D eigenvalue weighted by atomic mass is 32.2. The summed E-state index contributed by atoms with van der Waals surface area (Å²) in [7, 11) is 0. The lowest BCUT2D eigenvalue weighted by molar-refractivity contribution is 1.00. The van der Waals surface area contributed by atoms with Crippen LogP contribution in [0.1, 0.15) is 16.8 Å². The van der Waals surface area contributed by atoms with Crippen molar-refractivity contribution in [1.82, 2.24) is 19.9 Å². The third kappa shape index (κ3) is 5.06. The number of nitrogens with one attached hydrogen (secondary N) is 2. The number of nitrogens with two attached hydrogens (primary N) is 1. The third-order valence-corrected chi connectivity index (χ3v) is 4.66. The lowest BCUT2D eigenvalue weighted by atomic mass is 10.1. The SMILES string of the molecule is Nc1cccnc1CSCCNc1ncc(Cc2cccnc2)c(=O)[nH]1. The average Bonchev–Trinajstić information content (AvgIpc) is 2.66. The highest BCUT2D eigenvalue weighted by Gasteiger charge is 2.04. The molecular weight excluding hydrogens is 348 g/mol. The molecule has 0 spiro atoms. The minimum absolute atomic E-state index is 0.139. The Kier molecular flexibility index (Phi) is 6.21. The monoisotopic (exact) mass is 368 g/mol. The zero-order chi connectivity index (χ0) is 18.2. The number of H-pyrrole nitrogens is 1. The fraction of sp³-hybridized carbons (Fsp3) is 0.222. The number of hydrogen-bond donors (Lipinski definition) is 3. The molecule has 3 heterocycles. The number of aromatic nitrogens is 4.